The predicted octanol–water partition coefficient (Wildman–Crippen LogP) is 3.73. The van der Waals surface area contributed by atoms with Gasteiger partial charge >= 0.3 is 0 Å². The minimum absolute atomic E-state index is 0.0828. The smallest absolute Gasteiger partial charge is 0.0735 e. The molecule has 1 fully saturated rings. The molecule has 0 aliphatic heterocycles. The van der Waals surface area contributed by atoms with Crippen molar-refractivity contribution in [2.75, 3.05) is 0 Å². The Bertz CT molecular complexity index is 242. The van der Waals surface area contributed by atoms with Crippen molar-refractivity contribution in [1.82, 2.24) is 0 Å². The van der Waals surface area contributed by atoms with Crippen LogP contribution in [0.5, 0.6) is 0 Å². The summed E-state index contributed by atoms with van der Waals surface area (Å²) in [7, 11) is 0. The molecular weight excluding hydrogens is 210 g/mol. The first-order chi connectivity index (χ1) is 7.65. The molecule has 1 saturated carbocycles. The highest BCUT2D eigenvalue weighted by Gasteiger charge is 2.37. The lowest BCUT2D eigenvalue weighted by molar-refractivity contribution is -0.0993. The molecule has 3 unspecified atom stereocenters. The van der Waals surface area contributed by atoms with Crippen LogP contribution < -0.4 is 5.73 Å². The molecule has 1 rings (SSSR count). The number of ether oxygens (including phenoxy) is 1. The molecule has 0 aromatic heterocycles. The molecule has 0 amide bonds. The van der Waals surface area contributed by atoms with E-state index in [0.29, 0.717) is 5.41 Å². The van der Waals surface area contributed by atoms with Crippen LogP contribution in [0.2, 0.25) is 0 Å². The summed E-state index contributed by atoms with van der Waals surface area (Å²) in [4.78, 5) is 0. The standard InChI is InChI=1S/C15H31NO/c1-7-15(5,6)11-8-9-12(16)13(10-11)17-14(2,3)4/h11-13H,7-10,16H2,1-6H3. The molecule has 0 aromatic rings. The molecule has 0 radical (unpaired) electrons. The molecule has 1 aliphatic rings. The summed E-state index contributed by atoms with van der Waals surface area (Å²) in [5, 5.41) is 0. The Balaban J connectivity index is 2.66. The Morgan fingerprint density at radius 3 is 2.18 bits per heavy atom. The fourth-order valence-corrected chi connectivity index (χ4v) is 2.74. The van der Waals surface area contributed by atoms with E-state index in [0.717, 1.165) is 18.8 Å². The third-order valence-electron chi connectivity index (χ3n) is 4.36. The number of nitrogens with two attached hydrogens (primary N) is 1. The third-order valence-corrected chi connectivity index (χ3v) is 4.36. The summed E-state index contributed by atoms with van der Waals surface area (Å²) in [6.45, 7) is 13.4. The molecule has 2 N–H and O–H groups in total. The van der Waals surface area contributed by atoms with Gasteiger partial charge in [-0.15, -0.1) is 0 Å². The summed E-state index contributed by atoms with van der Waals surface area (Å²) >= 11 is 0. The second-order valence-corrected chi connectivity index (χ2v) is 7.28. The quantitative estimate of drug-likeness (QED) is 0.817. The summed E-state index contributed by atoms with van der Waals surface area (Å²) in [5.41, 5.74) is 6.54. The predicted molar refractivity (Wildman–Crippen MR) is 74.0 cm³/mol. The lowest BCUT2D eigenvalue weighted by Gasteiger charge is -2.43. The van der Waals surface area contributed by atoms with Gasteiger partial charge in [0.1, 0.15) is 0 Å². The topological polar surface area (TPSA) is 35.2 Å². The van der Waals surface area contributed by atoms with Crippen LogP contribution in [0.25, 0.3) is 0 Å². The molecule has 2 nitrogen and oxygen atoms in total. The van der Waals surface area contributed by atoms with Gasteiger partial charge in [0.05, 0.1) is 11.7 Å². The van der Waals surface area contributed by atoms with Gasteiger partial charge in [-0.2, -0.15) is 0 Å². The third kappa shape index (κ3) is 4.26. The summed E-state index contributed by atoms with van der Waals surface area (Å²) in [5.74, 6) is 0.750. The Labute approximate surface area is 107 Å². The lowest BCUT2D eigenvalue weighted by atomic mass is 9.68. The first-order valence-corrected chi connectivity index (χ1v) is 7.09. The van der Waals surface area contributed by atoms with Crippen molar-refractivity contribution in [3.63, 3.8) is 0 Å². The normalized spacial score (nSPS) is 31.6. The number of hydrogen-bond acceptors (Lipinski definition) is 2. The van der Waals surface area contributed by atoms with Crippen LogP contribution in [-0.2, 0) is 4.74 Å². The Morgan fingerprint density at radius 1 is 1.12 bits per heavy atom. The van der Waals surface area contributed by atoms with Gasteiger partial charge < -0.3 is 10.5 Å². The molecule has 17 heavy (non-hydrogen) atoms. The highest BCUT2D eigenvalue weighted by atomic mass is 16.5. The average molecular weight is 241 g/mol. The van der Waals surface area contributed by atoms with Crippen molar-refractivity contribution < 1.29 is 4.74 Å². The van der Waals surface area contributed by atoms with Gasteiger partial charge in [0.15, 0.2) is 0 Å². The number of rotatable bonds is 3. The van der Waals surface area contributed by atoms with Crippen molar-refractivity contribution >= 4 is 0 Å². The van der Waals surface area contributed by atoms with E-state index in [1.165, 1.54) is 12.8 Å². The van der Waals surface area contributed by atoms with Crippen LogP contribution >= 0.6 is 0 Å². The monoisotopic (exact) mass is 241 g/mol. The van der Waals surface area contributed by atoms with E-state index in [2.05, 4.69) is 41.5 Å². The first kappa shape index (κ1) is 15.0. The summed E-state index contributed by atoms with van der Waals surface area (Å²) < 4.78 is 6.14. The molecular formula is C15H31NO. The van der Waals surface area contributed by atoms with Gasteiger partial charge in [-0.05, 0) is 51.4 Å². The first-order valence-electron chi connectivity index (χ1n) is 7.09. The van der Waals surface area contributed by atoms with Crippen LogP contribution in [0.1, 0.15) is 67.2 Å². The molecule has 0 aromatic carbocycles. The molecule has 0 heterocycles. The van der Waals surface area contributed by atoms with E-state index >= 15 is 0 Å². The van der Waals surface area contributed by atoms with Gasteiger partial charge in [-0.3, -0.25) is 0 Å². The molecule has 2 heteroatoms. The maximum absolute atomic E-state index is 6.21. The molecule has 1 aliphatic carbocycles. The second-order valence-electron chi connectivity index (χ2n) is 7.28. The zero-order chi connectivity index (χ0) is 13.3. The molecule has 102 valence electrons. The van der Waals surface area contributed by atoms with Crippen molar-refractivity contribution in [1.29, 1.82) is 0 Å². The van der Waals surface area contributed by atoms with Crippen LogP contribution in [0.15, 0.2) is 0 Å². The maximum Gasteiger partial charge on any atom is 0.0735 e. The van der Waals surface area contributed by atoms with E-state index < -0.39 is 0 Å². The van der Waals surface area contributed by atoms with Gasteiger partial charge in [0, 0.05) is 6.04 Å². The fourth-order valence-electron chi connectivity index (χ4n) is 2.74. The highest BCUT2D eigenvalue weighted by molar-refractivity contribution is 4.90. The van der Waals surface area contributed by atoms with Crippen LogP contribution in [0.4, 0.5) is 0 Å². The summed E-state index contributed by atoms with van der Waals surface area (Å²) in [6.07, 6.45) is 4.95. The molecule has 0 bridgehead atoms. The maximum atomic E-state index is 6.21. The van der Waals surface area contributed by atoms with Crippen molar-refractivity contribution in [2.24, 2.45) is 17.1 Å². The minimum Gasteiger partial charge on any atom is -0.371 e. The van der Waals surface area contributed by atoms with Crippen molar-refractivity contribution in [3.05, 3.63) is 0 Å². The highest BCUT2D eigenvalue weighted by Crippen LogP contribution is 2.41. The van der Waals surface area contributed by atoms with Crippen LogP contribution in [0.3, 0.4) is 0 Å². The number of hydrogen-bond donors (Lipinski definition) is 1. The molecule has 0 saturated heterocycles. The zero-order valence-corrected chi connectivity index (χ0v) is 12.5. The van der Waals surface area contributed by atoms with E-state index in [-0.39, 0.29) is 17.7 Å². The average Bonchev–Trinajstić information content (AvgIpc) is 2.19. The second kappa shape index (κ2) is 5.27. The largest absolute Gasteiger partial charge is 0.371 e. The molecule has 0 spiro atoms. The van der Waals surface area contributed by atoms with E-state index in [4.69, 9.17) is 10.5 Å². The van der Waals surface area contributed by atoms with E-state index in [9.17, 15) is 0 Å². The minimum atomic E-state index is -0.0828. The Hall–Kier alpha value is -0.0800. The van der Waals surface area contributed by atoms with Crippen molar-refractivity contribution in [3.8, 4) is 0 Å². The van der Waals surface area contributed by atoms with E-state index in [1.54, 1.807) is 0 Å². The SMILES string of the molecule is CCC(C)(C)C1CCC(N)C(OC(C)(C)C)C1. The Kier molecular flexibility index (Phi) is 4.65. The van der Waals surface area contributed by atoms with Gasteiger partial charge in [0.2, 0.25) is 0 Å². The molecule has 3 atom stereocenters. The lowest BCUT2D eigenvalue weighted by Crippen LogP contribution is -2.47. The van der Waals surface area contributed by atoms with Crippen LogP contribution in [0, 0.1) is 11.3 Å². The Morgan fingerprint density at radius 2 is 1.71 bits per heavy atom. The van der Waals surface area contributed by atoms with Crippen LogP contribution in [-0.4, -0.2) is 17.7 Å². The fraction of sp³-hybridized carbons (Fsp3) is 1.00. The summed E-state index contributed by atoms with van der Waals surface area (Å²) in [6, 6.07) is 0.220. The van der Waals surface area contributed by atoms with Crippen molar-refractivity contribution in [2.45, 2.75) is 85.0 Å². The van der Waals surface area contributed by atoms with Gasteiger partial charge in [-0.1, -0.05) is 27.2 Å². The zero-order valence-electron chi connectivity index (χ0n) is 12.5. The van der Waals surface area contributed by atoms with Gasteiger partial charge in [-0.25, -0.2) is 0 Å². The van der Waals surface area contributed by atoms with E-state index in [1.807, 2.05) is 0 Å². The van der Waals surface area contributed by atoms with Gasteiger partial charge in [0.25, 0.3) is 0 Å².